The van der Waals surface area contributed by atoms with Crippen LogP contribution in [-0.2, 0) is 4.79 Å². The summed E-state index contributed by atoms with van der Waals surface area (Å²) in [5, 5.41) is 3.11. The van der Waals surface area contributed by atoms with E-state index in [1.807, 2.05) is 18.2 Å². The molecule has 27 heavy (non-hydrogen) atoms. The van der Waals surface area contributed by atoms with Gasteiger partial charge >= 0.3 is 0 Å². The Hall–Kier alpha value is -2.27. The highest BCUT2D eigenvalue weighted by molar-refractivity contribution is 5.76. The van der Waals surface area contributed by atoms with Crippen LogP contribution in [0.25, 0.3) is 0 Å². The van der Waals surface area contributed by atoms with Gasteiger partial charge in [0.15, 0.2) is 0 Å². The molecule has 2 aromatic rings. The Morgan fingerprint density at radius 2 is 1.78 bits per heavy atom. The van der Waals surface area contributed by atoms with E-state index in [9.17, 15) is 4.79 Å². The smallest absolute Gasteiger partial charge is 0.220 e. The quantitative estimate of drug-likeness (QED) is 0.844. The van der Waals surface area contributed by atoms with Crippen molar-refractivity contribution in [2.45, 2.75) is 33.2 Å². The van der Waals surface area contributed by atoms with Crippen molar-refractivity contribution in [3.63, 3.8) is 0 Å². The number of anilines is 1. The molecule has 146 valence electrons. The molecule has 3 rings (SSSR count). The summed E-state index contributed by atoms with van der Waals surface area (Å²) < 4.78 is 5.69. The van der Waals surface area contributed by atoms with E-state index in [0.717, 1.165) is 31.9 Å². The van der Waals surface area contributed by atoms with Crippen LogP contribution < -0.4 is 10.2 Å². The number of para-hydroxylation sites is 1. The highest BCUT2D eigenvalue weighted by Crippen LogP contribution is 2.25. The number of amides is 1. The van der Waals surface area contributed by atoms with Gasteiger partial charge in [0.2, 0.25) is 5.91 Å². The molecule has 1 N–H and O–H groups in total. The van der Waals surface area contributed by atoms with Gasteiger partial charge in [0.05, 0.1) is 12.3 Å². The van der Waals surface area contributed by atoms with Crippen LogP contribution in [0.1, 0.15) is 39.0 Å². The van der Waals surface area contributed by atoms with Crippen molar-refractivity contribution in [3.8, 4) is 0 Å². The van der Waals surface area contributed by atoms with E-state index in [1.54, 1.807) is 6.26 Å². The first kappa shape index (κ1) is 19.5. The summed E-state index contributed by atoms with van der Waals surface area (Å²) in [6, 6.07) is 14.5. The molecule has 2 heterocycles. The summed E-state index contributed by atoms with van der Waals surface area (Å²) in [7, 11) is 0. The van der Waals surface area contributed by atoms with E-state index in [1.165, 1.54) is 5.69 Å². The van der Waals surface area contributed by atoms with Crippen molar-refractivity contribution >= 4 is 11.6 Å². The number of nitrogens with zero attached hydrogens (tertiary/aromatic N) is 2. The number of hydrogen-bond donors (Lipinski definition) is 1. The zero-order valence-electron chi connectivity index (χ0n) is 16.6. The third-order valence-corrected chi connectivity index (χ3v) is 4.93. The van der Waals surface area contributed by atoms with E-state index in [2.05, 4.69) is 60.2 Å². The lowest BCUT2D eigenvalue weighted by Crippen LogP contribution is -2.50. The van der Waals surface area contributed by atoms with E-state index < -0.39 is 0 Å². The topological polar surface area (TPSA) is 48.7 Å². The predicted molar refractivity (Wildman–Crippen MR) is 109 cm³/mol. The largest absolute Gasteiger partial charge is 0.468 e. The molecule has 1 aromatic heterocycles. The first-order valence-corrected chi connectivity index (χ1v) is 9.76. The van der Waals surface area contributed by atoms with Crippen LogP contribution in [0.2, 0.25) is 0 Å². The van der Waals surface area contributed by atoms with Gasteiger partial charge in [-0.1, -0.05) is 39.0 Å². The Morgan fingerprint density at radius 3 is 2.37 bits per heavy atom. The molecule has 1 saturated heterocycles. The van der Waals surface area contributed by atoms with Crippen LogP contribution in [0.15, 0.2) is 53.1 Å². The van der Waals surface area contributed by atoms with E-state index in [-0.39, 0.29) is 17.4 Å². The van der Waals surface area contributed by atoms with Gasteiger partial charge in [-0.3, -0.25) is 9.69 Å². The average Bonchev–Trinajstić information content (AvgIpc) is 3.16. The molecule has 1 aromatic carbocycles. The normalized spacial score (nSPS) is 16.9. The highest BCUT2D eigenvalue weighted by atomic mass is 16.3. The van der Waals surface area contributed by atoms with Gasteiger partial charge in [0, 0.05) is 44.8 Å². The second-order valence-corrected chi connectivity index (χ2v) is 8.43. The number of carbonyl (C=O) groups excluding carboxylic acids is 1. The Kier molecular flexibility index (Phi) is 6.22. The lowest BCUT2D eigenvalue weighted by atomic mass is 9.92. The Bertz CT molecular complexity index is 699. The van der Waals surface area contributed by atoms with Crippen LogP contribution in [0.3, 0.4) is 0 Å². The van der Waals surface area contributed by atoms with Crippen LogP contribution in [0.5, 0.6) is 0 Å². The first-order valence-electron chi connectivity index (χ1n) is 9.76. The van der Waals surface area contributed by atoms with Gasteiger partial charge in [-0.25, -0.2) is 0 Å². The molecule has 0 bridgehead atoms. The number of nitrogens with one attached hydrogen (secondary N) is 1. The fourth-order valence-corrected chi connectivity index (χ4v) is 3.58. The molecular weight excluding hydrogens is 338 g/mol. The summed E-state index contributed by atoms with van der Waals surface area (Å²) in [5.74, 6) is 1.01. The fraction of sp³-hybridized carbons (Fsp3) is 0.500. The molecule has 1 atom stereocenters. The second-order valence-electron chi connectivity index (χ2n) is 8.43. The van der Waals surface area contributed by atoms with Gasteiger partial charge in [0.1, 0.15) is 5.76 Å². The Labute approximate surface area is 162 Å². The van der Waals surface area contributed by atoms with Gasteiger partial charge in [-0.2, -0.15) is 0 Å². The zero-order valence-corrected chi connectivity index (χ0v) is 16.6. The number of rotatable bonds is 6. The minimum absolute atomic E-state index is 0.00836. The molecule has 5 heteroatoms. The number of hydrogen-bond acceptors (Lipinski definition) is 4. The van der Waals surface area contributed by atoms with Crippen molar-refractivity contribution in [1.29, 1.82) is 0 Å². The molecule has 0 saturated carbocycles. The molecule has 1 fully saturated rings. The minimum Gasteiger partial charge on any atom is -0.468 e. The zero-order chi connectivity index (χ0) is 19.3. The molecule has 5 nitrogen and oxygen atoms in total. The maximum absolute atomic E-state index is 12.3. The third-order valence-electron chi connectivity index (χ3n) is 4.93. The number of furan rings is 1. The van der Waals surface area contributed by atoms with Gasteiger partial charge in [-0.15, -0.1) is 0 Å². The Balaban J connectivity index is 1.60. The number of benzene rings is 1. The lowest BCUT2D eigenvalue weighted by Gasteiger charge is -2.39. The van der Waals surface area contributed by atoms with Crippen molar-refractivity contribution < 1.29 is 9.21 Å². The second kappa shape index (κ2) is 8.61. The van der Waals surface area contributed by atoms with Crippen LogP contribution in [0.4, 0.5) is 5.69 Å². The van der Waals surface area contributed by atoms with Gasteiger partial charge < -0.3 is 14.6 Å². The molecule has 1 amide bonds. The van der Waals surface area contributed by atoms with E-state index in [4.69, 9.17) is 4.42 Å². The molecule has 1 unspecified atom stereocenters. The van der Waals surface area contributed by atoms with E-state index >= 15 is 0 Å². The summed E-state index contributed by atoms with van der Waals surface area (Å²) >= 11 is 0. The first-order chi connectivity index (χ1) is 12.9. The van der Waals surface area contributed by atoms with Crippen molar-refractivity contribution in [1.82, 2.24) is 10.2 Å². The maximum Gasteiger partial charge on any atom is 0.220 e. The molecule has 1 aliphatic heterocycles. The fourth-order valence-electron chi connectivity index (χ4n) is 3.58. The molecular formula is C22H31N3O2. The molecule has 0 aliphatic carbocycles. The SMILES string of the molecule is CC(C)(C)CC(=O)NCC(c1ccco1)N1CCN(c2ccccc2)CC1. The summed E-state index contributed by atoms with van der Waals surface area (Å²) in [6.45, 7) is 10.6. The molecule has 1 aliphatic rings. The van der Waals surface area contributed by atoms with Crippen molar-refractivity contribution in [3.05, 3.63) is 54.5 Å². The monoisotopic (exact) mass is 369 g/mol. The van der Waals surface area contributed by atoms with Crippen molar-refractivity contribution in [2.24, 2.45) is 5.41 Å². The molecule has 0 radical (unpaired) electrons. The van der Waals surface area contributed by atoms with Crippen LogP contribution in [0, 0.1) is 5.41 Å². The van der Waals surface area contributed by atoms with Crippen molar-refractivity contribution in [2.75, 3.05) is 37.6 Å². The molecule has 0 spiro atoms. The van der Waals surface area contributed by atoms with E-state index in [0.29, 0.717) is 13.0 Å². The van der Waals surface area contributed by atoms with Gasteiger partial charge in [0.25, 0.3) is 0 Å². The van der Waals surface area contributed by atoms with Crippen LogP contribution >= 0.6 is 0 Å². The number of piperazine rings is 1. The minimum atomic E-state index is -0.00836. The van der Waals surface area contributed by atoms with Crippen LogP contribution in [-0.4, -0.2) is 43.5 Å². The van der Waals surface area contributed by atoms with Gasteiger partial charge in [-0.05, 0) is 29.7 Å². The highest BCUT2D eigenvalue weighted by Gasteiger charge is 2.28. The standard InChI is InChI=1S/C22H31N3O2/c1-22(2,3)16-21(26)23-17-19(20-10-7-15-27-20)25-13-11-24(12-14-25)18-8-5-4-6-9-18/h4-10,15,19H,11-14,16-17H2,1-3H3,(H,23,26). The summed E-state index contributed by atoms with van der Waals surface area (Å²) in [5.41, 5.74) is 1.26. The summed E-state index contributed by atoms with van der Waals surface area (Å²) in [6.07, 6.45) is 2.24. The average molecular weight is 370 g/mol. The maximum atomic E-state index is 12.3. The number of carbonyl (C=O) groups is 1. The Morgan fingerprint density at radius 1 is 1.07 bits per heavy atom. The predicted octanol–water partition coefficient (Wildman–Crippen LogP) is 3.70. The third kappa shape index (κ3) is 5.60. The summed E-state index contributed by atoms with van der Waals surface area (Å²) in [4.78, 5) is 17.1. The lowest BCUT2D eigenvalue weighted by molar-refractivity contribution is -0.123.